The zero-order valence-electron chi connectivity index (χ0n) is 16.3. The summed E-state index contributed by atoms with van der Waals surface area (Å²) in [5, 5.41) is 0. The van der Waals surface area contributed by atoms with Gasteiger partial charge in [-0.25, -0.2) is 8.78 Å². The molecule has 6 heteroatoms. The van der Waals surface area contributed by atoms with Crippen LogP contribution in [0.2, 0.25) is 0 Å². The number of ether oxygens (including phenoxy) is 1. The van der Waals surface area contributed by atoms with Gasteiger partial charge in [-0.15, -0.1) is 0 Å². The van der Waals surface area contributed by atoms with Gasteiger partial charge in [-0.1, -0.05) is 24.1 Å². The average molecular weight is 407 g/mol. The summed E-state index contributed by atoms with van der Waals surface area (Å²) in [7, 11) is 0. The van der Waals surface area contributed by atoms with E-state index in [9.17, 15) is 8.78 Å². The van der Waals surface area contributed by atoms with Crippen molar-refractivity contribution in [2.24, 2.45) is 11.8 Å². The Hall–Kier alpha value is -1.53. The summed E-state index contributed by atoms with van der Waals surface area (Å²) >= 11 is 1.78. The summed E-state index contributed by atoms with van der Waals surface area (Å²) in [6.07, 6.45) is 10.6. The second kappa shape index (κ2) is 8.87. The Balaban J connectivity index is 1.27. The topological polar surface area (TPSA) is 24.5 Å². The summed E-state index contributed by atoms with van der Waals surface area (Å²) < 4.78 is 38.1. The van der Waals surface area contributed by atoms with Gasteiger partial charge in [0.25, 0.3) is 0 Å². The number of halogens is 2. The van der Waals surface area contributed by atoms with E-state index in [1.165, 1.54) is 24.3 Å². The normalized spacial score (nSPS) is 25.7. The van der Waals surface area contributed by atoms with Gasteiger partial charge in [0.15, 0.2) is 0 Å². The van der Waals surface area contributed by atoms with Crippen LogP contribution in [0.25, 0.3) is 0 Å². The first-order valence-electron chi connectivity index (χ1n) is 10.2. The van der Waals surface area contributed by atoms with Gasteiger partial charge in [-0.05, 0) is 62.3 Å². The van der Waals surface area contributed by atoms with E-state index in [1.54, 1.807) is 18.9 Å². The minimum Gasteiger partial charge on any atom is -0.374 e. The fourth-order valence-electron chi connectivity index (χ4n) is 4.33. The largest absolute Gasteiger partial charge is 0.374 e. The van der Waals surface area contributed by atoms with Crippen molar-refractivity contribution >= 4 is 17.6 Å². The third-order valence-electron chi connectivity index (χ3n) is 5.95. The molecule has 3 nitrogen and oxygen atoms in total. The van der Waals surface area contributed by atoms with E-state index < -0.39 is 11.6 Å². The van der Waals surface area contributed by atoms with Crippen molar-refractivity contribution in [1.82, 2.24) is 4.72 Å². The zero-order chi connectivity index (χ0) is 19.5. The standard InChI is InChI=1S/C22H28F2N2OS/c1-15-11-19(23)22(20(24)12-15)26-8-5-16(6-9-26)14-27-18-3-2-4-21-17(13-18)7-10-28-25-21/h2-4,11-12,16-18,25H,5-10,13-14H2,1H3. The van der Waals surface area contributed by atoms with Crippen LogP contribution < -0.4 is 9.62 Å². The molecule has 1 aliphatic carbocycles. The highest BCUT2D eigenvalue weighted by molar-refractivity contribution is 7.97. The Morgan fingerprint density at radius 2 is 1.93 bits per heavy atom. The molecule has 4 rings (SSSR count). The van der Waals surface area contributed by atoms with E-state index >= 15 is 0 Å². The molecule has 0 radical (unpaired) electrons. The Labute approximate surface area is 170 Å². The van der Waals surface area contributed by atoms with Crippen LogP contribution in [0.5, 0.6) is 0 Å². The molecule has 2 saturated heterocycles. The zero-order valence-corrected chi connectivity index (χ0v) is 17.1. The molecule has 2 atom stereocenters. The molecular weight excluding hydrogens is 378 g/mol. The predicted octanol–water partition coefficient (Wildman–Crippen LogP) is 4.98. The molecule has 0 aromatic heterocycles. The minimum absolute atomic E-state index is 0.123. The lowest BCUT2D eigenvalue weighted by Gasteiger charge is -2.34. The molecule has 152 valence electrons. The molecule has 0 bridgehead atoms. The molecule has 2 aliphatic heterocycles. The van der Waals surface area contributed by atoms with E-state index in [1.807, 2.05) is 4.90 Å². The summed E-state index contributed by atoms with van der Waals surface area (Å²) in [5.74, 6) is 1.21. The van der Waals surface area contributed by atoms with E-state index in [-0.39, 0.29) is 11.8 Å². The maximum atomic E-state index is 14.2. The molecule has 1 aromatic carbocycles. The van der Waals surface area contributed by atoms with Gasteiger partial charge >= 0.3 is 0 Å². The quantitative estimate of drug-likeness (QED) is 0.713. The Bertz CT molecular complexity index is 736. The number of piperidine rings is 1. The molecule has 0 spiro atoms. The number of nitrogens with zero attached hydrogens (tertiary/aromatic N) is 1. The minimum atomic E-state index is -0.460. The first-order chi connectivity index (χ1) is 13.6. The number of anilines is 1. The molecule has 0 saturated carbocycles. The Morgan fingerprint density at radius 1 is 1.18 bits per heavy atom. The van der Waals surface area contributed by atoms with Crippen LogP contribution in [0.4, 0.5) is 14.5 Å². The lowest BCUT2D eigenvalue weighted by Crippen LogP contribution is -2.36. The SMILES string of the molecule is Cc1cc(F)c(N2CCC(COC3C=CC=C4NSCCC4C3)CC2)c(F)c1. The molecule has 2 fully saturated rings. The number of rotatable bonds is 4. The number of fused-ring (bicyclic) bond motifs is 1. The molecule has 1 N–H and O–H groups in total. The average Bonchev–Trinajstić information content (AvgIpc) is 2.88. The number of nitrogens with one attached hydrogen (secondary N) is 1. The summed E-state index contributed by atoms with van der Waals surface area (Å²) in [6.45, 7) is 3.76. The van der Waals surface area contributed by atoms with Crippen LogP contribution in [0.3, 0.4) is 0 Å². The number of aryl methyl sites for hydroxylation is 1. The fourth-order valence-corrected chi connectivity index (χ4v) is 5.24. The first kappa shape index (κ1) is 19.8. The molecule has 1 aromatic rings. The van der Waals surface area contributed by atoms with E-state index in [0.717, 1.165) is 25.0 Å². The van der Waals surface area contributed by atoms with Crippen molar-refractivity contribution in [3.05, 3.63) is 53.3 Å². The second-order valence-corrected chi connectivity index (χ2v) is 8.96. The highest BCUT2D eigenvalue weighted by atomic mass is 32.2. The van der Waals surface area contributed by atoms with Gasteiger partial charge in [0.05, 0.1) is 12.7 Å². The summed E-state index contributed by atoms with van der Waals surface area (Å²) in [5.41, 5.74) is 2.05. The summed E-state index contributed by atoms with van der Waals surface area (Å²) in [4.78, 5) is 1.84. The molecular formula is C22H28F2N2OS. The van der Waals surface area contributed by atoms with Crippen LogP contribution >= 0.6 is 11.9 Å². The Kier molecular flexibility index (Phi) is 6.26. The van der Waals surface area contributed by atoms with E-state index in [4.69, 9.17) is 4.74 Å². The molecule has 2 heterocycles. The van der Waals surface area contributed by atoms with Crippen molar-refractivity contribution in [2.75, 3.05) is 30.3 Å². The maximum Gasteiger partial charge on any atom is 0.149 e. The number of benzene rings is 1. The summed E-state index contributed by atoms with van der Waals surface area (Å²) in [6, 6.07) is 2.82. The monoisotopic (exact) mass is 406 g/mol. The van der Waals surface area contributed by atoms with Crippen LogP contribution in [0.1, 0.15) is 31.2 Å². The van der Waals surface area contributed by atoms with Gasteiger partial charge in [-0.3, -0.25) is 0 Å². The second-order valence-electron chi connectivity index (χ2n) is 8.06. The fraction of sp³-hybridized carbons (Fsp3) is 0.545. The molecule has 28 heavy (non-hydrogen) atoms. The van der Waals surface area contributed by atoms with Crippen molar-refractivity contribution in [2.45, 2.75) is 38.7 Å². The lowest BCUT2D eigenvalue weighted by atomic mass is 9.95. The van der Waals surface area contributed by atoms with E-state index in [2.05, 4.69) is 23.0 Å². The van der Waals surface area contributed by atoms with Gasteiger partial charge in [0, 0.05) is 30.5 Å². The third kappa shape index (κ3) is 4.54. The van der Waals surface area contributed by atoms with Crippen LogP contribution in [0, 0.1) is 30.4 Å². The van der Waals surface area contributed by atoms with E-state index in [0.29, 0.717) is 37.1 Å². The first-order valence-corrected chi connectivity index (χ1v) is 11.2. The predicted molar refractivity (Wildman–Crippen MR) is 111 cm³/mol. The van der Waals surface area contributed by atoms with Crippen molar-refractivity contribution < 1.29 is 13.5 Å². The number of hydrogen-bond acceptors (Lipinski definition) is 4. The molecule has 3 aliphatic rings. The number of allylic oxidation sites excluding steroid dienone is 3. The van der Waals surface area contributed by atoms with Crippen molar-refractivity contribution in [3.8, 4) is 0 Å². The highest BCUT2D eigenvalue weighted by Gasteiger charge is 2.27. The maximum absolute atomic E-state index is 14.2. The highest BCUT2D eigenvalue weighted by Crippen LogP contribution is 2.32. The lowest BCUT2D eigenvalue weighted by molar-refractivity contribution is 0.0393. The van der Waals surface area contributed by atoms with Crippen LogP contribution in [0.15, 0.2) is 36.1 Å². The van der Waals surface area contributed by atoms with Crippen molar-refractivity contribution in [1.29, 1.82) is 0 Å². The van der Waals surface area contributed by atoms with Crippen LogP contribution in [-0.4, -0.2) is 31.6 Å². The smallest absolute Gasteiger partial charge is 0.149 e. The molecule has 2 unspecified atom stereocenters. The van der Waals surface area contributed by atoms with Gasteiger partial charge in [0.2, 0.25) is 0 Å². The Morgan fingerprint density at radius 3 is 2.68 bits per heavy atom. The molecule has 0 amide bonds. The number of hydrogen-bond donors (Lipinski definition) is 1. The van der Waals surface area contributed by atoms with Gasteiger partial charge in [-0.2, -0.15) is 0 Å². The van der Waals surface area contributed by atoms with Crippen LogP contribution in [-0.2, 0) is 4.74 Å². The third-order valence-corrected chi connectivity index (χ3v) is 6.77. The van der Waals surface area contributed by atoms with Gasteiger partial charge < -0.3 is 14.4 Å². The van der Waals surface area contributed by atoms with Gasteiger partial charge in [0.1, 0.15) is 17.3 Å². The van der Waals surface area contributed by atoms with Crippen molar-refractivity contribution in [3.63, 3.8) is 0 Å².